The minimum Gasteiger partial charge on any atom is -0.322 e. The smallest absolute Gasteiger partial charge is 0.272 e. The number of hydrogen-bond acceptors (Lipinski definition) is 3. The topological polar surface area (TPSA) is 64.0 Å². The number of nitrogens with one attached hydrogen (secondary N) is 1. The molecule has 122 valence electrons. The lowest BCUT2D eigenvalue weighted by Crippen LogP contribution is -2.23. The Labute approximate surface area is 140 Å². The SMILES string of the molecule is CCn1c(=O)c(C)nc2cc(C(=O)Nc3ccc(C)cc3)ccc21. The van der Waals surface area contributed by atoms with E-state index in [9.17, 15) is 9.59 Å². The molecule has 3 rings (SSSR count). The minimum atomic E-state index is -0.200. The van der Waals surface area contributed by atoms with E-state index in [4.69, 9.17) is 0 Å². The number of benzene rings is 2. The maximum atomic E-state index is 12.4. The zero-order chi connectivity index (χ0) is 17.3. The van der Waals surface area contributed by atoms with Gasteiger partial charge in [-0.3, -0.25) is 9.59 Å². The van der Waals surface area contributed by atoms with Gasteiger partial charge < -0.3 is 9.88 Å². The van der Waals surface area contributed by atoms with Crippen LogP contribution in [0.5, 0.6) is 0 Å². The fraction of sp³-hybridized carbons (Fsp3) is 0.211. The van der Waals surface area contributed by atoms with Crippen molar-refractivity contribution in [3.8, 4) is 0 Å². The number of carbonyl (C=O) groups is 1. The molecule has 3 aromatic rings. The summed E-state index contributed by atoms with van der Waals surface area (Å²) in [6, 6.07) is 12.8. The van der Waals surface area contributed by atoms with Gasteiger partial charge in [0.2, 0.25) is 0 Å². The van der Waals surface area contributed by atoms with Gasteiger partial charge in [0, 0.05) is 17.8 Å². The molecule has 0 aliphatic rings. The van der Waals surface area contributed by atoms with Crippen LogP contribution in [0.2, 0.25) is 0 Å². The van der Waals surface area contributed by atoms with Gasteiger partial charge in [0.25, 0.3) is 11.5 Å². The summed E-state index contributed by atoms with van der Waals surface area (Å²) < 4.78 is 1.67. The molecule has 5 nitrogen and oxygen atoms in total. The van der Waals surface area contributed by atoms with E-state index in [1.54, 1.807) is 29.7 Å². The van der Waals surface area contributed by atoms with Crippen molar-refractivity contribution >= 4 is 22.6 Å². The van der Waals surface area contributed by atoms with E-state index in [0.717, 1.165) is 16.8 Å². The van der Waals surface area contributed by atoms with Crippen LogP contribution >= 0.6 is 0 Å². The van der Waals surface area contributed by atoms with Gasteiger partial charge in [-0.05, 0) is 51.1 Å². The van der Waals surface area contributed by atoms with E-state index in [-0.39, 0.29) is 11.5 Å². The molecule has 0 spiro atoms. The van der Waals surface area contributed by atoms with Gasteiger partial charge in [0.1, 0.15) is 5.69 Å². The van der Waals surface area contributed by atoms with Gasteiger partial charge in [-0.25, -0.2) is 4.98 Å². The lowest BCUT2D eigenvalue weighted by atomic mass is 10.1. The first-order chi connectivity index (χ1) is 11.5. The number of rotatable bonds is 3. The highest BCUT2D eigenvalue weighted by molar-refractivity contribution is 6.05. The number of aryl methyl sites for hydroxylation is 3. The maximum Gasteiger partial charge on any atom is 0.272 e. The first-order valence-corrected chi connectivity index (χ1v) is 7.89. The number of nitrogens with zero attached hydrogens (tertiary/aromatic N) is 2. The molecule has 0 radical (unpaired) electrons. The molecular formula is C19H19N3O2. The van der Waals surface area contributed by atoms with Crippen molar-refractivity contribution in [1.29, 1.82) is 0 Å². The van der Waals surface area contributed by atoms with Gasteiger partial charge >= 0.3 is 0 Å². The third-order valence-electron chi connectivity index (χ3n) is 4.00. The number of fused-ring (bicyclic) bond motifs is 1. The van der Waals surface area contributed by atoms with Crippen molar-refractivity contribution in [3.05, 3.63) is 69.6 Å². The van der Waals surface area contributed by atoms with Crippen LogP contribution in [0.1, 0.15) is 28.5 Å². The van der Waals surface area contributed by atoms with E-state index in [2.05, 4.69) is 10.3 Å². The Hall–Kier alpha value is -2.95. The van der Waals surface area contributed by atoms with Crippen molar-refractivity contribution in [1.82, 2.24) is 9.55 Å². The van der Waals surface area contributed by atoms with Crippen LogP contribution in [-0.4, -0.2) is 15.5 Å². The van der Waals surface area contributed by atoms with Crippen LogP contribution in [0.15, 0.2) is 47.3 Å². The van der Waals surface area contributed by atoms with Gasteiger partial charge in [0.05, 0.1) is 11.0 Å². The van der Waals surface area contributed by atoms with Crippen molar-refractivity contribution in [3.63, 3.8) is 0 Å². The number of amides is 1. The molecule has 1 amide bonds. The molecule has 1 heterocycles. The van der Waals surface area contributed by atoms with Crippen LogP contribution in [-0.2, 0) is 6.54 Å². The van der Waals surface area contributed by atoms with E-state index in [1.165, 1.54) is 0 Å². The zero-order valence-electron chi connectivity index (χ0n) is 14.0. The van der Waals surface area contributed by atoms with Gasteiger partial charge in [-0.15, -0.1) is 0 Å². The fourth-order valence-electron chi connectivity index (χ4n) is 2.67. The molecule has 0 bridgehead atoms. The lowest BCUT2D eigenvalue weighted by molar-refractivity contribution is 0.102. The molecule has 0 unspecified atom stereocenters. The molecule has 1 aromatic heterocycles. The molecular weight excluding hydrogens is 302 g/mol. The molecule has 0 aliphatic heterocycles. The summed E-state index contributed by atoms with van der Waals surface area (Å²) in [7, 11) is 0. The zero-order valence-corrected chi connectivity index (χ0v) is 14.0. The Morgan fingerprint density at radius 2 is 1.83 bits per heavy atom. The van der Waals surface area contributed by atoms with Crippen LogP contribution in [0.4, 0.5) is 5.69 Å². The summed E-state index contributed by atoms with van der Waals surface area (Å²) in [5.41, 5.74) is 4.10. The molecule has 5 heteroatoms. The Bertz CT molecular complexity index is 972. The third kappa shape index (κ3) is 2.93. The maximum absolute atomic E-state index is 12.4. The fourth-order valence-corrected chi connectivity index (χ4v) is 2.67. The summed E-state index contributed by atoms with van der Waals surface area (Å²) in [5, 5.41) is 2.87. The molecule has 2 aromatic carbocycles. The second-order valence-electron chi connectivity index (χ2n) is 5.77. The number of carbonyl (C=O) groups excluding carboxylic acids is 1. The number of anilines is 1. The standard InChI is InChI=1S/C19H19N3O2/c1-4-22-17-10-7-14(11-16(17)20-13(3)19(22)24)18(23)21-15-8-5-12(2)6-9-15/h5-11H,4H2,1-3H3,(H,21,23). The van der Waals surface area contributed by atoms with Crippen molar-refractivity contribution in [2.24, 2.45) is 0 Å². The van der Waals surface area contributed by atoms with E-state index in [0.29, 0.717) is 23.3 Å². The predicted octanol–water partition coefficient (Wildman–Crippen LogP) is 3.29. The Balaban J connectivity index is 1.98. The van der Waals surface area contributed by atoms with Crippen LogP contribution in [0, 0.1) is 13.8 Å². The molecule has 0 fully saturated rings. The van der Waals surface area contributed by atoms with Gasteiger partial charge in [-0.1, -0.05) is 17.7 Å². The van der Waals surface area contributed by atoms with Crippen molar-refractivity contribution in [2.45, 2.75) is 27.3 Å². The minimum absolute atomic E-state index is 0.0955. The normalized spacial score (nSPS) is 10.8. The first kappa shape index (κ1) is 15.9. The summed E-state index contributed by atoms with van der Waals surface area (Å²) in [6.07, 6.45) is 0. The average molecular weight is 321 g/mol. The van der Waals surface area contributed by atoms with E-state index >= 15 is 0 Å². The highest BCUT2D eigenvalue weighted by Gasteiger charge is 2.11. The molecule has 1 N–H and O–H groups in total. The third-order valence-corrected chi connectivity index (χ3v) is 4.00. The molecule has 0 saturated carbocycles. The summed E-state index contributed by atoms with van der Waals surface area (Å²) >= 11 is 0. The Morgan fingerprint density at radius 1 is 1.12 bits per heavy atom. The Kier molecular flexibility index (Phi) is 4.16. The number of aromatic nitrogens is 2. The summed E-state index contributed by atoms with van der Waals surface area (Å²) in [6.45, 7) is 6.16. The molecule has 24 heavy (non-hydrogen) atoms. The highest BCUT2D eigenvalue weighted by Crippen LogP contribution is 2.16. The number of hydrogen-bond donors (Lipinski definition) is 1. The summed E-state index contributed by atoms with van der Waals surface area (Å²) in [5.74, 6) is -0.200. The van der Waals surface area contributed by atoms with Crippen molar-refractivity contribution < 1.29 is 4.79 Å². The lowest BCUT2D eigenvalue weighted by Gasteiger charge is -2.10. The van der Waals surface area contributed by atoms with Crippen LogP contribution < -0.4 is 10.9 Å². The van der Waals surface area contributed by atoms with Crippen molar-refractivity contribution in [2.75, 3.05) is 5.32 Å². The van der Waals surface area contributed by atoms with E-state index in [1.807, 2.05) is 38.1 Å². The van der Waals surface area contributed by atoms with E-state index < -0.39 is 0 Å². The predicted molar refractivity (Wildman–Crippen MR) is 95.5 cm³/mol. The molecule has 0 saturated heterocycles. The van der Waals surface area contributed by atoms with Crippen LogP contribution in [0.25, 0.3) is 11.0 Å². The highest BCUT2D eigenvalue weighted by atomic mass is 16.1. The molecule has 0 atom stereocenters. The van der Waals surface area contributed by atoms with Crippen LogP contribution in [0.3, 0.4) is 0 Å². The second-order valence-corrected chi connectivity index (χ2v) is 5.77. The van der Waals surface area contributed by atoms with Gasteiger partial charge in [-0.2, -0.15) is 0 Å². The monoisotopic (exact) mass is 321 g/mol. The first-order valence-electron chi connectivity index (χ1n) is 7.89. The molecule has 0 aliphatic carbocycles. The van der Waals surface area contributed by atoms with Gasteiger partial charge in [0.15, 0.2) is 0 Å². The largest absolute Gasteiger partial charge is 0.322 e. The quantitative estimate of drug-likeness (QED) is 0.805. The Morgan fingerprint density at radius 3 is 2.50 bits per heavy atom. The average Bonchev–Trinajstić information content (AvgIpc) is 2.57. The second kappa shape index (κ2) is 6.28. The summed E-state index contributed by atoms with van der Waals surface area (Å²) in [4.78, 5) is 28.9.